The Balaban J connectivity index is 0.808. The number of carbonyl (C=O) groups excluding carboxylic acids is 3. The van der Waals surface area contributed by atoms with E-state index in [-0.39, 0.29) is 69.5 Å². The largest absolute Gasteiger partial charge is 0.417 e. The highest BCUT2D eigenvalue weighted by atomic mass is 79.9. The van der Waals surface area contributed by atoms with E-state index < -0.39 is 47.4 Å². The molecule has 7 heterocycles. The lowest BCUT2D eigenvalue weighted by Crippen LogP contribution is -2.46. The number of benzene rings is 6. The maximum Gasteiger partial charge on any atom is 0.417 e. The Bertz CT molecular complexity index is 4900. The number of amides is 3. The molecule has 25 heteroatoms. The molecule has 0 saturated carbocycles. The van der Waals surface area contributed by atoms with Crippen molar-refractivity contribution in [3.05, 3.63) is 266 Å². The molecule has 0 radical (unpaired) electrons. The molecule has 3 amide bonds. The fraction of sp³-hybridized carbons (Fsp3) is 0.209. The van der Waals surface area contributed by atoms with Gasteiger partial charge in [0.2, 0.25) is 0 Å². The fourth-order valence-corrected chi connectivity index (χ4v) is 13.4. The lowest BCUT2D eigenvalue weighted by Gasteiger charge is -2.35. The Hall–Kier alpha value is -9.75. The molecule has 13 rings (SSSR count). The molecule has 2 atom stereocenters. The molecule has 0 fully saturated rings. The first kappa shape index (κ1) is 61.1. The molecule has 2 aliphatic rings. The van der Waals surface area contributed by atoms with Crippen molar-refractivity contribution < 1.29 is 40.7 Å². The number of alkyl halides is 6. The van der Waals surface area contributed by atoms with E-state index in [4.69, 9.17) is 10.2 Å². The van der Waals surface area contributed by atoms with Crippen LogP contribution in [0.2, 0.25) is 0 Å². The normalized spacial score (nSPS) is 15.0. The highest BCUT2D eigenvalue weighted by Crippen LogP contribution is 2.39. The van der Waals surface area contributed by atoms with Gasteiger partial charge in [0.15, 0.2) is 5.82 Å². The maximum absolute atomic E-state index is 15.1. The summed E-state index contributed by atoms with van der Waals surface area (Å²) >= 11 is 5.94. The Morgan fingerprint density at radius 2 is 1.04 bits per heavy atom. The van der Waals surface area contributed by atoms with Gasteiger partial charge in [-0.15, -0.1) is 10.2 Å². The first-order valence-corrected chi connectivity index (χ1v) is 30.7. The highest BCUT2D eigenvalue weighted by molar-refractivity contribution is 9.10. The number of nitrogens with one attached hydrogen (secondary N) is 1. The van der Waals surface area contributed by atoms with Gasteiger partial charge in [-0.1, -0.05) is 86.5 Å². The zero-order chi connectivity index (χ0) is 64.7. The predicted molar refractivity (Wildman–Crippen MR) is 336 cm³/mol. The Morgan fingerprint density at radius 3 is 1.54 bits per heavy atom. The topological polar surface area (TPSA) is 179 Å². The Kier molecular flexibility index (Phi) is 15.8. The van der Waals surface area contributed by atoms with Crippen molar-refractivity contribution in [3.8, 4) is 22.8 Å². The molecule has 0 saturated heterocycles. The van der Waals surface area contributed by atoms with Crippen LogP contribution in [0.25, 0.3) is 34.1 Å². The number of aromatic nitrogens is 9. The molecule has 17 nitrogen and oxygen atoms in total. The van der Waals surface area contributed by atoms with E-state index in [1.807, 2.05) is 83.4 Å². The first-order chi connectivity index (χ1) is 44.0. The minimum Gasteiger partial charge on any atom is -0.355 e. The second kappa shape index (κ2) is 23.8. The monoisotopic (exact) mass is 1380 g/mol. The fourth-order valence-electron chi connectivity index (χ4n) is 12.5. The molecule has 0 aliphatic carbocycles. The number of halogens is 8. The second-order valence-corrected chi connectivity index (χ2v) is 24.6. The highest BCUT2D eigenvalue weighted by Gasteiger charge is 2.39. The van der Waals surface area contributed by atoms with Gasteiger partial charge in [-0.05, 0) is 128 Å². The van der Waals surface area contributed by atoms with Crippen molar-refractivity contribution >= 4 is 60.9 Å². The van der Waals surface area contributed by atoms with E-state index in [9.17, 15) is 45.5 Å². The summed E-state index contributed by atoms with van der Waals surface area (Å²) in [5, 5.41) is 21.0. The standard InChI is InChI=1S/C67H52Br2F6N12O5/c1-37-24-50-56(34-82(37)62(89)44-16-22-54(68)52(29-44)66(70,71)72)86-60(46(31-78-86)27-39-8-5-4-6-9-39)84(64(50)91)48-18-12-42(13-19-48)58-80-77-36-81(58)33-41-11-7-10-40(26-41)28-47-32-79-87-57-35-83(63(90)45-17-23-55(69)53(30-45)67(73,74)75)38(2)25-51(57)65(92)85(61(47)87)49-20-14-43(15-21-49)59(88)76-3/h4-23,26,29-32,36-38H,24-25,27-28,33-35H2,1-3H3,(H,76,88)/t37-,38-/m1/s1. The average Bonchev–Trinajstić information content (AvgIpc) is 1.41. The molecule has 5 aromatic heterocycles. The van der Waals surface area contributed by atoms with Gasteiger partial charge >= 0.3 is 12.4 Å². The lowest BCUT2D eigenvalue weighted by atomic mass is 9.97. The lowest BCUT2D eigenvalue weighted by molar-refractivity contribution is -0.139. The number of rotatable bonds is 12. The molecule has 6 aromatic carbocycles. The SMILES string of the molecule is CNC(=O)c1ccc(-n2c(=O)c3c(n4ncc(Cc5cccc(Cn6cnnc6-c6ccc(-n7c(=O)c8c(n9ncc(Cc%10ccccc%10)c79)CN(C(=O)c7ccc(Br)c(C(F)(F)F)c7)[C@H](C)C8)cc6)c5)c24)CN(C(=O)c2ccc(Br)c(C(F)(F)F)c2)[C@H](C)C3)cc1. The number of nitrogens with zero attached hydrogens (tertiary/aromatic N) is 11. The van der Waals surface area contributed by atoms with Crippen molar-refractivity contribution in [2.75, 3.05) is 7.05 Å². The van der Waals surface area contributed by atoms with Crippen LogP contribution in [0.1, 0.15) is 106 Å². The van der Waals surface area contributed by atoms with Crippen LogP contribution in [0.4, 0.5) is 26.3 Å². The third-order valence-corrected chi connectivity index (χ3v) is 18.4. The molecule has 1 N–H and O–H groups in total. The van der Waals surface area contributed by atoms with Crippen LogP contribution in [0, 0.1) is 0 Å². The van der Waals surface area contributed by atoms with Crippen molar-refractivity contribution in [1.82, 2.24) is 58.2 Å². The molecule has 11 aromatic rings. The number of carbonyl (C=O) groups is 3. The molecule has 0 bridgehead atoms. The average molecular weight is 1380 g/mol. The van der Waals surface area contributed by atoms with Crippen LogP contribution in [0.5, 0.6) is 0 Å². The zero-order valence-electron chi connectivity index (χ0n) is 49.1. The van der Waals surface area contributed by atoms with E-state index in [2.05, 4.69) is 47.4 Å². The maximum atomic E-state index is 15.1. The third-order valence-electron chi connectivity index (χ3n) is 17.0. The summed E-state index contributed by atoms with van der Waals surface area (Å²) in [5.74, 6) is -1.07. The van der Waals surface area contributed by atoms with Gasteiger partial charge in [-0.2, -0.15) is 36.5 Å². The Morgan fingerprint density at radius 1 is 0.576 bits per heavy atom. The summed E-state index contributed by atoms with van der Waals surface area (Å²) in [6, 6.07) is 36.9. The van der Waals surface area contributed by atoms with E-state index in [1.54, 1.807) is 75.0 Å². The predicted octanol–water partition coefficient (Wildman–Crippen LogP) is 11.9. The van der Waals surface area contributed by atoms with Gasteiger partial charge in [-0.25, -0.2) is 9.03 Å². The van der Waals surface area contributed by atoms with Gasteiger partial charge in [0, 0.05) is 85.4 Å². The number of hydrogen-bond donors (Lipinski definition) is 1. The summed E-state index contributed by atoms with van der Waals surface area (Å²) in [5.41, 5.74) is 5.52. The van der Waals surface area contributed by atoms with Gasteiger partial charge in [-0.3, -0.25) is 33.1 Å². The van der Waals surface area contributed by atoms with Crippen molar-refractivity contribution in [2.45, 2.75) is 83.6 Å². The Labute approximate surface area is 536 Å². The van der Waals surface area contributed by atoms with Crippen molar-refractivity contribution in [3.63, 3.8) is 0 Å². The quantitative estimate of drug-likeness (QED) is 0.117. The second-order valence-electron chi connectivity index (χ2n) is 22.9. The van der Waals surface area contributed by atoms with E-state index in [0.29, 0.717) is 86.2 Å². The summed E-state index contributed by atoms with van der Waals surface area (Å²) in [6.07, 6.45) is -3.63. The summed E-state index contributed by atoms with van der Waals surface area (Å²) in [4.78, 5) is 73.9. The molecule has 0 spiro atoms. The molecule has 466 valence electrons. The van der Waals surface area contributed by atoms with Crippen molar-refractivity contribution in [2.24, 2.45) is 0 Å². The third kappa shape index (κ3) is 11.2. The first-order valence-electron chi connectivity index (χ1n) is 29.1. The van der Waals surface area contributed by atoms with Crippen LogP contribution >= 0.6 is 31.9 Å². The van der Waals surface area contributed by atoms with Gasteiger partial charge in [0.25, 0.3) is 28.8 Å². The van der Waals surface area contributed by atoms with Gasteiger partial charge in [0.05, 0.1) is 65.9 Å². The van der Waals surface area contributed by atoms with E-state index >= 15 is 4.79 Å². The van der Waals surface area contributed by atoms with E-state index in [1.165, 1.54) is 41.1 Å². The van der Waals surface area contributed by atoms with E-state index in [0.717, 1.165) is 28.8 Å². The van der Waals surface area contributed by atoms with Gasteiger partial charge < -0.3 is 19.7 Å². The summed E-state index contributed by atoms with van der Waals surface area (Å²) < 4.78 is 92.0. The van der Waals surface area contributed by atoms with Gasteiger partial charge in [0.1, 0.15) is 17.6 Å². The number of hydrogen-bond acceptors (Lipinski definition) is 9. The minimum absolute atomic E-state index is 0.0743. The van der Waals surface area contributed by atoms with Crippen LogP contribution in [0.15, 0.2) is 177 Å². The summed E-state index contributed by atoms with van der Waals surface area (Å²) in [7, 11) is 1.52. The molecule has 2 aliphatic heterocycles. The van der Waals surface area contributed by atoms with Crippen LogP contribution in [-0.4, -0.2) is 89.8 Å². The minimum atomic E-state index is -4.72. The van der Waals surface area contributed by atoms with Crippen molar-refractivity contribution in [1.29, 1.82) is 0 Å². The smallest absolute Gasteiger partial charge is 0.355 e. The molecular weight excluding hydrogens is 1330 g/mol. The zero-order valence-corrected chi connectivity index (χ0v) is 52.3. The van der Waals surface area contributed by atoms with Crippen LogP contribution in [-0.2, 0) is 57.7 Å². The van der Waals surface area contributed by atoms with Crippen LogP contribution < -0.4 is 16.4 Å². The molecule has 0 unspecified atom stereocenters. The number of fused-ring (bicyclic) bond motifs is 6. The van der Waals surface area contributed by atoms with Crippen LogP contribution in [0.3, 0.4) is 0 Å². The summed E-state index contributed by atoms with van der Waals surface area (Å²) in [6.45, 7) is 3.59. The molecule has 92 heavy (non-hydrogen) atoms. The molecular formula is C67H52Br2F6N12O5.